The molecular formula is C20H16N2O4. The molecule has 0 aliphatic carbocycles. The smallest absolute Gasteiger partial charge is 0.249 e. The molecule has 1 heterocycles. The van der Waals surface area contributed by atoms with Gasteiger partial charge in [0.1, 0.15) is 17.6 Å². The molecule has 1 amide bonds. The van der Waals surface area contributed by atoms with Gasteiger partial charge in [-0.2, -0.15) is 5.26 Å². The number of benzene rings is 2. The second kappa shape index (κ2) is 7.11. The maximum atomic E-state index is 12.8. The molecule has 0 bridgehead atoms. The number of carbonyl (C=O) groups excluding carboxylic acids is 2. The number of Topliss-reactive ketones (excluding diaryl/α,β-unsaturated/α-hetero) is 1. The molecule has 0 saturated carbocycles. The zero-order valence-electron chi connectivity index (χ0n) is 14.3. The SMILES string of the molecule is COc1ccc2occ(C(=O)[C@H](C#N)C(=O)Nc3cccc(C)c3)c2c1. The van der Waals surface area contributed by atoms with Crippen molar-refractivity contribution in [2.24, 2.45) is 5.92 Å². The predicted octanol–water partition coefficient (Wildman–Crippen LogP) is 3.71. The maximum Gasteiger partial charge on any atom is 0.249 e. The lowest BCUT2D eigenvalue weighted by Crippen LogP contribution is -2.28. The van der Waals surface area contributed by atoms with Gasteiger partial charge in [0.05, 0.1) is 18.7 Å². The van der Waals surface area contributed by atoms with Gasteiger partial charge in [0.15, 0.2) is 11.7 Å². The molecule has 1 aromatic heterocycles. The van der Waals surface area contributed by atoms with Crippen LogP contribution in [0, 0.1) is 24.2 Å². The molecule has 0 unspecified atom stereocenters. The van der Waals surface area contributed by atoms with E-state index < -0.39 is 17.6 Å². The summed E-state index contributed by atoms with van der Waals surface area (Å²) < 4.78 is 10.5. The van der Waals surface area contributed by atoms with Crippen molar-refractivity contribution in [1.82, 2.24) is 0 Å². The quantitative estimate of drug-likeness (QED) is 0.560. The van der Waals surface area contributed by atoms with E-state index in [0.717, 1.165) is 5.56 Å². The summed E-state index contributed by atoms with van der Waals surface area (Å²) in [5, 5.41) is 12.5. The number of hydrogen-bond acceptors (Lipinski definition) is 5. The van der Waals surface area contributed by atoms with Gasteiger partial charge in [-0.25, -0.2) is 0 Å². The first-order valence-electron chi connectivity index (χ1n) is 7.90. The van der Waals surface area contributed by atoms with Crippen LogP contribution in [0.4, 0.5) is 5.69 Å². The lowest BCUT2D eigenvalue weighted by atomic mass is 9.97. The van der Waals surface area contributed by atoms with Crippen molar-refractivity contribution in [2.75, 3.05) is 12.4 Å². The summed E-state index contributed by atoms with van der Waals surface area (Å²) in [6, 6.07) is 13.9. The van der Waals surface area contributed by atoms with E-state index in [2.05, 4.69) is 5.32 Å². The van der Waals surface area contributed by atoms with E-state index in [9.17, 15) is 14.9 Å². The number of ketones is 1. The molecule has 0 spiro atoms. The number of nitriles is 1. The number of methoxy groups -OCH3 is 1. The van der Waals surface area contributed by atoms with Crippen LogP contribution in [0.3, 0.4) is 0 Å². The van der Waals surface area contributed by atoms with Gasteiger partial charge in [0.2, 0.25) is 5.91 Å². The highest BCUT2D eigenvalue weighted by Gasteiger charge is 2.30. The fraction of sp³-hybridized carbons (Fsp3) is 0.150. The van der Waals surface area contributed by atoms with Crippen LogP contribution in [0.25, 0.3) is 11.0 Å². The van der Waals surface area contributed by atoms with Crippen LogP contribution < -0.4 is 10.1 Å². The van der Waals surface area contributed by atoms with Gasteiger partial charge < -0.3 is 14.5 Å². The van der Waals surface area contributed by atoms with Gasteiger partial charge in [-0.05, 0) is 42.8 Å². The minimum Gasteiger partial charge on any atom is -0.497 e. The van der Waals surface area contributed by atoms with Gasteiger partial charge in [-0.3, -0.25) is 9.59 Å². The number of nitrogens with one attached hydrogen (secondary N) is 1. The summed E-state index contributed by atoms with van der Waals surface area (Å²) in [6.07, 6.45) is 1.26. The molecule has 0 saturated heterocycles. The van der Waals surface area contributed by atoms with Crippen LogP contribution in [0.5, 0.6) is 5.75 Å². The van der Waals surface area contributed by atoms with E-state index >= 15 is 0 Å². The molecule has 2 aromatic carbocycles. The number of ether oxygens (including phenoxy) is 1. The average molecular weight is 348 g/mol. The van der Waals surface area contributed by atoms with Crippen molar-refractivity contribution in [3.8, 4) is 11.8 Å². The normalized spacial score (nSPS) is 11.6. The third kappa shape index (κ3) is 3.28. The van der Waals surface area contributed by atoms with Crippen molar-refractivity contribution in [3.63, 3.8) is 0 Å². The van der Waals surface area contributed by atoms with Gasteiger partial charge in [-0.1, -0.05) is 12.1 Å². The zero-order chi connectivity index (χ0) is 18.7. The molecular weight excluding hydrogens is 332 g/mol. The van der Waals surface area contributed by atoms with E-state index in [4.69, 9.17) is 9.15 Å². The predicted molar refractivity (Wildman–Crippen MR) is 96.0 cm³/mol. The van der Waals surface area contributed by atoms with E-state index in [1.807, 2.05) is 13.0 Å². The standard InChI is InChI=1S/C20H16N2O4/c1-12-4-3-5-13(8-12)22-20(24)16(10-21)19(23)17-11-26-18-7-6-14(25-2)9-15(17)18/h3-9,11,16H,1-2H3,(H,22,24)/t16-/m0/s1. The number of rotatable bonds is 5. The Bertz CT molecular complexity index is 1030. The summed E-state index contributed by atoms with van der Waals surface area (Å²) in [7, 11) is 1.51. The lowest BCUT2D eigenvalue weighted by Gasteiger charge is -2.09. The van der Waals surface area contributed by atoms with Crippen LogP contribution in [0.1, 0.15) is 15.9 Å². The molecule has 0 radical (unpaired) electrons. The van der Waals surface area contributed by atoms with E-state index in [-0.39, 0.29) is 5.56 Å². The Morgan fingerprint density at radius 1 is 1.23 bits per heavy atom. The van der Waals surface area contributed by atoms with Gasteiger partial charge >= 0.3 is 0 Å². The minimum absolute atomic E-state index is 0.171. The monoisotopic (exact) mass is 348 g/mol. The number of amides is 1. The highest BCUT2D eigenvalue weighted by Crippen LogP contribution is 2.28. The van der Waals surface area contributed by atoms with Crippen molar-refractivity contribution in [1.29, 1.82) is 5.26 Å². The molecule has 130 valence electrons. The molecule has 3 rings (SSSR count). The first kappa shape index (κ1) is 17.2. The summed E-state index contributed by atoms with van der Waals surface area (Å²) in [6.45, 7) is 1.88. The second-order valence-electron chi connectivity index (χ2n) is 5.80. The summed E-state index contributed by atoms with van der Waals surface area (Å²) >= 11 is 0. The fourth-order valence-electron chi connectivity index (χ4n) is 2.66. The molecule has 1 N–H and O–H groups in total. The number of nitrogens with zero attached hydrogens (tertiary/aromatic N) is 1. The van der Waals surface area contributed by atoms with E-state index in [1.54, 1.807) is 42.5 Å². The average Bonchev–Trinajstić information content (AvgIpc) is 3.05. The molecule has 6 heteroatoms. The Morgan fingerprint density at radius 3 is 2.73 bits per heavy atom. The largest absolute Gasteiger partial charge is 0.497 e. The van der Waals surface area contributed by atoms with Crippen LogP contribution in [0.2, 0.25) is 0 Å². The van der Waals surface area contributed by atoms with Crippen LogP contribution >= 0.6 is 0 Å². The minimum atomic E-state index is -1.48. The summed E-state index contributed by atoms with van der Waals surface area (Å²) in [5.74, 6) is -2.24. The number of furan rings is 1. The molecule has 0 fully saturated rings. The third-order valence-corrected chi connectivity index (χ3v) is 3.99. The summed E-state index contributed by atoms with van der Waals surface area (Å²) in [4.78, 5) is 25.2. The summed E-state index contributed by atoms with van der Waals surface area (Å²) in [5.41, 5.74) is 2.13. The van der Waals surface area contributed by atoms with Crippen molar-refractivity contribution < 1.29 is 18.7 Å². The van der Waals surface area contributed by atoms with Crippen molar-refractivity contribution in [2.45, 2.75) is 6.92 Å². The number of fused-ring (bicyclic) bond motifs is 1. The van der Waals surface area contributed by atoms with Gasteiger partial charge in [-0.15, -0.1) is 0 Å². The molecule has 1 atom stereocenters. The molecule has 6 nitrogen and oxygen atoms in total. The third-order valence-electron chi connectivity index (χ3n) is 3.99. The lowest BCUT2D eigenvalue weighted by molar-refractivity contribution is -0.117. The zero-order valence-corrected chi connectivity index (χ0v) is 14.3. The highest BCUT2D eigenvalue weighted by atomic mass is 16.5. The number of carbonyl (C=O) groups is 2. The second-order valence-corrected chi connectivity index (χ2v) is 5.80. The van der Waals surface area contributed by atoms with Crippen molar-refractivity contribution in [3.05, 3.63) is 59.9 Å². The number of anilines is 1. The van der Waals surface area contributed by atoms with Gasteiger partial charge in [0, 0.05) is 11.1 Å². The van der Waals surface area contributed by atoms with E-state index in [0.29, 0.717) is 22.4 Å². The van der Waals surface area contributed by atoms with E-state index in [1.165, 1.54) is 13.4 Å². The molecule has 0 aliphatic rings. The van der Waals surface area contributed by atoms with Gasteiger partial charge in [0.25, 0.3) is 0 Å². The Labute approximate surface area is 150 Å². The first-order chi connectivity index (χ1) is 12.5. The van der Waals surface area contributed by atoms with Crippen molar-refractivity contribution >= 4 is 28.3 Å². The number of hydrogen-bond donors (Lipinski definition) is 1. The first-order valence-corrected chi connectivity index (χ1v) is 7.90. The maximum absolute atomic E-state index is 12.8. The Balaban J connectivity index is 1.89. The highest BCUT2D eigenvalue weighted by molar-refractivity contribution is 6.19. The Kier molecular flexibility index (Phi) is 4.72. The van der Waals surface area contributed by atoms with Crippen LogP contribution in [-0.2, 0) is 4.79 Å². The van der Waals surface area contributed by atoms with Crippen LogP contribution in [0.15, 0.2) is 53.1 Å². The molecule has 0 aliphatic heterocycles. The Hall–Kier alpha value is -3.59. The Morgan fingerprint density at radius 2 is 2.04 bits per heavy atom. The topological polar surface area (TPSA) is 92.3 Å². The molecule has 3 aromatic rings. The van der Waals surface area contributed by atoms with Crippen LogP contribution in [-0.4, -0.2) is 18.8 Å². The fourth-order valence-corrected chi connectivity index (χ4v) is 2.66. The molecule has 26 heavy (non-hydrogen) atoms. The number of aryl methyl sites for hydroxylation is 1.